The van der Waals surface area contributed by atoms with Gasteiger partial charge in [-0.2, -0.15) is 0 Å². The highest BCUT2D eigenvalue weighted by atomic mass is 16.5. The normalized spacial score (nSPS) is 12.2. The summed E-state index contributed by atoms with van der Waals surface area (Å²) < 4.78 is 4.92. The van der Waals surface area contributed by atoms with Gasteiger partial charge in [0.2, 0.25) is 0 Å². The third kappa shape index (κ3) is 2.27. The van der Waals surface area contributed by atoms with E-state index in [2.05, 4.69) is 0 Å². The Hall–Kier alpha value is -1.39. The number of carbonyl (C=O) groups is 1. The summed E-state index contributed by atoms with van der Waals surface area (Å²) in [6, 6.07) is 8.94. The van der Waals surface area contributed by atoms with E-state index in [1.54, 1.807) is 29.7 Å². The monoisotopic (exact) mass is 181 g/mol. The highest BCUT2D eigenvalue weighted by molar-refractivity contribution is 5.81. The van der Waals surface area contributed by atoms with Gasteiger partial charge >= 0.3 is 0 Å². The van der Waals surface area contributed by atoms with E-state index in [4.69, 9.17) is 9.94 Å². The minimum Gasteiger partial charge on any atom is -0.367 e. The van der Waals surface area contributed by atoms with E-state index in [1.165, 1.54) is 7.11 Å². The average Bonchev–Trinajstić information content (AvgIpc) is 2.20. The minimum absolute atomic E-state index is 0.575. The van der Waals surface area contributed by atoms with Gasteiger partial charge in [-0.25, -0.2) is 5.48 Å². The fraction of sp³-hybridized carbons (Fsp3) is 0.222. The third-order valence-corrected chi connectivity index (χ3v) is 1.69. The molecule has 4 heteroatoms. The van der Waals surface area contributed by atoms with Crippen LogP contribution in [0.3, 0.4) is 0 Å². The molecule has 0 bridgehead atoms. The SMILES string of the molecule is COC(C(=O)NO)c1ccccc1. The van der Waals surface area contributed by atoms with Crippen molar-refractivity contribution in [2.75, 3.05) is 7.11 Å². The lowest BCUT2D eigenvalue weighted by molar-refractivity contribution is -0.140. The zero-order valence-electron chi connectivity index (χ0n) is 7.23. The first-order chi connectivity index (χ1) is 6.29. The molecule has 0 radical (unpaired) electrons. The molecule has 1 rings (SSSR count). The molecule has 0 saturated heterocycles. The van der Waals surface area contributed by atoms with Crippen LogP contribution >= 0.6 is 0 Å². The van der Waals surface area contributed by atoms with Gasteiger partial charge in [0.25, 0.3) is 5.91 Å². The van der Waals surface area contributed by atoms with Crippen molar-refractivity contribution in [3.05, 3.63) is 35.9 Å². The van der Waals surface area contributed by atoms with Gasteiger partial charge in [-0.3, -0.25) is 10.0 Å². The quantitative estimate of drug-likeness (QED) is 0.537. The number of hydroxylamine groups is 1. The summed E-state index contributed by atoms with van der Waals surface area (Å²) in [6.07, 6.45) is -0.758. The molecule has 0 aliphatic carbocycles. The first-order valence-electron chi connectivity index (χ1n) is 3.81. The summed E-state index contributed by atoms with van der Waals surface area (Å²) in [7, 11) is 1.41. The lowest BCUT2D eigenvalue weighted by atomic mass is 10.1. The molecule has 1 aromatic carbocycles. The summed E-state index contributed by atoms with van der Waals surface area (Å²) in [5.41, 5.74) is 2.26. The molecule has 1 unspecified atom stereocenters. The van der Waals surface area contributed by atoms with Crippen molar-refractivity contribution in [1.82, 2.24) is 5.48 Å². The Balaban J connectivity index is 2.85. The molecule has 70 valence electrons. The molecule has 0 saturated carbocycles. The summed E-state index contributed by atoms with van der Waals surface area (Å²) in [6.45, 7) is 0. The van der Waals surface area contributed by atoms with E-state index in [0.717, 1.165) is 0 Å². The zero-order chi connectivity index (χ0) is 9.68. The van der Waals surface area contributed by atoms with Crippen molar-refractivity contribution in [3.8, 4) is 0 Å². The van der Waals surface area contributed by atoms with Crippen LogP contribution in [-0.4, -0.2) is 18.2 Å². The average molecular weight is 181 g/mol. The maximum Gasteiger partial charge on any atom is 0.277 e. The summed E-state index contributed by atoms with van der Waals surface area (Å²) in [5.74, 6) is -0.575. The topological polar surface area (TPSA) is 58.6 Å². The molecule has 0 aromatic heterocycles. The number of hydrogen-bond acceptors (Lipinski definition) is 3. The highest BCUT2D eigenvalue weighted by Crippen LogP contribution is 2.15. The smallest absolute Gasteiger partial charge is 0.277 e. The molecule has 2 N–H and O–H groups in total. The molecular weight excluding hydrogens is 170 g/mol. The summed E-state index contributed by atoms with van der Waals surface area (Å²) in [4.78, 5) is 11.1. The van der Waals surface area contributed by atoms with Crippen LogP contribution in [0.25, 0.3) is 0 Å². The van der Waals surface area contributed by atoms with E-state index < -0.39 is 12.0 Å². The molecule has 13 heavy (non-hydrogen) atoms. The predicted molar refractivity (Wildman–Crippen MR) is 46.1 cm³/mol. The second-order valence-corrected chi connectivity index (χ2v) is 2.50. The van der Waals surface area contributed by atoms with Crippen molar-refractivity contribution in [1.29, 1.82) is 0 Å². The maximum absolute atomic E-state index is 11.1. The largest absolute Gasteiger partial charge is 0.367 e. The first kappa shape index (κ1) is 9.70. The van der Waals surface area contributed by atoms with Gasteiger partial charge in [-0.05, 0) is 5.56 Å². The summed E-state index contributed by atoms with van der Waals surface area (Å²) in [5, 5.41) is 8.42. The van der Waals surface area contributed by atoms with Gasteiger partial charge in [-0.1, -0.05) is 30.3 Å². The van der Waals surface area contributed by atoms with Gasteiger partial charge in [-0.15, -0.1) is 0 Å². The van der Waals surface area contributed by atoms with Crippen LogP contribution in [0.4, 0.5) is 0 Å². The lowest BCUT2D eigenvalue weighted by Gasteiger charge is -2.12. The van der Waals surface area contributed by atoms with E-state index in [9.17, 15) is 4.79 Å². The Kier molecular flexibility index (Phi) is 3.42. The molecule has 0 heterocycles. The Labute approximate surface area is 76.1 Å². The van der Waals surface area contributed by atoms with Crippen molar-refractivity contribution < 1.29 is 14.7 Å². The molecular formula is C9H11NO3. The standard InChI is InChI=1S/C9H11NO3/c1-13-8(9(11)10-12)7-5-3-2-4-6-7/h2-6,8,12H,1H3,(H,10,11). The Morgan fingerprint density at radius 2 is 2.08 bits per heavy atom. The molecule has 1 aromatic rings. The van der Waals surface area contributed by atoms with Gasteiger partial charge in [0.05, 0.1) is 0 Å². The van der Waals surface area contributed by atoms with Crippen LogP contribution < -0.4 is 5.48 Å². The van der Waals surface area contributed by atoms with Crippen molar-refractivity contribution in [2.45, 2.75) is 6.10 Å². The van der Waals surface area contributed by atoms with Gasteiger partial charge in [0, 0.05) is 7.11 Å². The molecule has 0 aliphatic heterocycles. The number of carbonyl (C=O) groups excluding carboxylic acids is 1. The fourth-order valence-electron chi connectivity index (χ4n) is 1.08. The van der Waals surface area contributed by atoms with Crippen LogP contribution in [0.5, 0.6) is 0 Å². The zero-order valence-corrected chi connectivity index (χ0v) is 7.23. The number of amides is 1. The molecule has 4 nitrogen and oxygen atoms in total. The van der Waals surface area contributed by atoms with Crippen LogP contribution in [0, 0.1) is 0 Å². The number of nitrogens with one attached hydrogen (secondary N) is 1. The molecule has 0 spiro atoms. The van der Waals surface area contributed by atoms with Crippen molar-refractivity contribution >= 4 is 5.91 Å². The number of rotatable bonds is 3. The Morgan fingerprint density at radius 3 is 2.54 bits per heavy atom. The van der Waals surface area contributed by atoms with E-state index in [-0.39, 0.29) is 0 Å². The van der Waals surface area contributed by atoms with Crippen LogP contribution in [0.15, 0.2) is 30.3 Å². The summed E-state index contributed by atoms with van der Waals surface area (Å²) >= 11 is 0. The Bertz CT molecular complexity index is 273. The van der Waals surface area contributed by atoms with Gasteiger partial charge in [0.15, 0.2) is 6.10 Å². The van der Waals surface area contributed by atoms with Crippen LogP contribution in [0.2, 0.25) is 0 Å². The Morgan fingerprint density at radius 1 is 1.46 bits per heavy atom. The first-order valence-corrected chi connectivity index (χ1v) is 3.81. The third-order valence-electron chi connectivity index (χ3n) is 1.69. The van der Waals surface area contributed by atoms with Gasteiger partial charge < -0.3 is 4.74 Å². The van der Waals surface area contributed by atoms with E-state index in [0.29, 0.717) is 5.56 Å². The predicted octanol–water partition coefficient (Wildman–Crippen LogP) is 0.880. The molecule has 0 aliphatic rings. The van der Waals surface area contributed by atoms with E-state index in [1.807, 2.05) is 6.07 Å². The fourth-order valence-corrected chi connectivity index (χ4v) is 1.08. The number of hydrogen-bond donors (Lipinski definition) is 2. The molecule has 1 amide bonds. The number of methoxy groups -OCH3 is 1. The second-order valence-electron chi connectivity index (χ2n) is 2.50. The lowest BCUT2D eigenvalue weighted by Crippen LogP contribution is -2.27. The molecule has 1 atom stereocenters. The van der Waals surface area contributed by atoms with Crippen LogP contribution in [-0.2, 0) is 9.53 Å². The highest BCUT2D eigenvalue weighted by Gasteiger charge is 2.18. The molecule has 0 fully saturated rings. The maximum atomic E-state index is 11.1. The van der Waals surface area contributed by atoms with Crippen molar-refractivity contribution in [3.63, 3.8) is 0 Å². The number of benzene rings is 1. The van der Waals surface area contributed by atoms with Gasteiger partial charge in [0.1, 0.15) is 0 Å². The van der Waals surface area contributed by atoms with Crippen LogP contribution in [0.1, 0.15) is 11.7 Å². The second kappa shape index (κ2) is 4.59. The van der Waals surface area contributed by atoms with Crippen molar-refractivity contribution in [2.24, 2.45) is 0 Å². The minimum atomic E-state index is -0.758. The number of ether oxygens (including phenoxy) is 1. The van der Waals surface area contributed by atoms with E-state index >= 15 is 0 Å².